The summed E-state index contributed by atoms with van der Waals surface area (Å²) in [5, 5.41) is 7.22. The van der Waals surface area contributed by atoms with Crippen molar-refractivity contribution in [1.29, 1.82) is 0 Å². The molecule has 0 unspecified atom stereocenters. The molecule has 3 aromatic rings. The Labute approximate surface area is 120 Å². The maximum absolute atomic E-state index is 12.0. The van der Waals surface area contributed by atoms with Crippen molar-refractivity contribution in [2.24, 2.45) is 0 Å². The summed E-state index contributed by atoms with van der Waals surface area (Å²) < 4.78 is 10.4. The lowest BCUT2D eigenvalue weighted by molar-refractivity contribution is 0.0928. The summed E-state index contributed by atoms with van der Waals surface area (Å²) in [7, 11) is 0. The quantitative estimate of drug-likeness (QED) is 0.706. The zero-order valence-electron chi connectivity index (χ0n) is 11.4. The summed E-state index contributed by atoms with van der Waals surface area (Å²) >= 11 is 0. The Balaban J connectivity index is 1.63. The predicted octanol–water partition coefficient (Wildman–Crippen LogP) is 1.68. The number of anilines is 1. The normalized spacial score (nSPS) is 10.9. The summed E-state index contributed by atoms with van der Waals surface area (Å²) in [5.74, 6) is 1.02. The Hall–Kier alpha value is -2.83. The van der Waals surface area contributed by atoms with Crippen LogP contribution in [0, 0.1) is 6.92 Å². The number of nitrogens with one attached hydrogen (secondary N) is 1. The highest BCUT2D eigenvalue weighted by Gasteiger charge is 2.12. The lowest BCUT2D eigenvalue weighted by atomic mass is 10.2. The third kappa shape index (κ3) is 2.86. The van der Waals surface area contributed by atoms with E-state index in [-0.39, 0.29) is 11.7 Å². The number of fused-ring (bicyclic) bond motifs is 1. The van der Waals surface area contributed by atoms with Crippen LogP contribution < -0.4 is 11.1 Å². The fraction of sp³-hybridized carbons (Fsp3) is 0.214. The monoisotopic (exact) mass is 286 g/mol. The second kappa shape index (κ2) is 5.28. The minimum absolute atomic E-state index is 0.248. The maximum Gasteiger partial charge on any atom is 0.287 e. The second-order valence-electron chi connectivity index (χ2n) is 4.65. The first-order valence-electron chi connectivity index (χ1n) is 6.48. The number of hydrogen-bond donors (Lipinski definition) is 2. The van der Waals surface area contributed by atoms with Crippen LogP contribution in [0.5, 0.6) is 0 Å². The van der Waals surface area contributed by atoms with Crippen LogP contribution in [0.4, 0.5) is 5.69 Å². The summed E-state index contributed by atoms with van der Waals surface area (Å²) in [4.78, 5) is 16.1. The van der Waals surface area contributed by atoms with Gasteiger partial charge in [0.25, 0.3) is 5.91 Å². The Morgan fingerprint density at radius 2 is 2.24 bits per heavy atom. The maximum atomic E-state index is 12.0. The van der Waals surface area contributed by atoms with Gasteiger partial charge in [0.1, 0.15) is 5.58 Å². The van der Waals surface area contributed by atoms with E-state index >= 15 is 0 Å². The molecule has 0 spiro atoms. The molecule has 7 heteroatoms. The van der Waals surface area contributed by atoms with Crippen LogP contribution >= 0.6 is 0 Å². The number of nitrogens with two attached hydrogens (primary N) is 1. The molecular weight excluding hydrogens is 272 g/mol. The van der Waals surface area contributed by atoms with Crippen molar-refractivity contribution in [3.63, 3.8) is 0 Å². The third-order valence-corrected chi connectivity index (χ3v) is 2.96. The summed E-state index contributed by atoms with van der Waals surface area (Å²) in [6.07, 6.45) is 0.472. The van der Waals surface area contributed by atoms with E-state index in [1.54, 1.807) is 31.2 Å². The second-order valence-corrected chi connectivity index (χ2v) is 4.65. The fourth-order valence-corrected chi connectivity index (χ4v) is 1.99. The number of furan rings is 1. The van der Waals surface area contributed by atoms with Gasteiger partial charge in [-0.15, -0.1) is 0 Å². The van der Waals surface area contributed by atoms with Gasteiger partial charge < -0.3 is 20.0 Å². The van der Waals surface area contributed by atoms with Gasteiger partial charge in [0, 0.05) is 24.0 Å². The number of nitrogens with zero attached hydrogens (tertiary/aromatic N) is 2. The van der Waals surface area contributed by atoms with Gasteiger partial charge in [-0.2, -0.15) is 4.98 Å². The van der Waals surface area contributed by atoms with Gasteiger partial charge in [0.05, 0.1) is 0 Å². The van der Waals surface area contributed by atoms with E-state index in [1.807, 2.05) is 0 Å². The van der Waals surface area contributed by atoms with E-state index in [9.17, 15) is 4.79 Å². The molecule has 0 fully saturated rings. The lowest BCUT2D eigenvalue weighted by Gasteiger charge is -1.99. The van der Waals surface area contributed by atoms with E-state index in [1.165, 1.54) is 0 Å². The van der Waals surface area contributed by atoms with Gasteiger partial charge in [0.2, 0.25) is 5.89 Å². The van der Waals surface area contributed by atoms with Crippen molar-refractivity contribution in [1.82, 2.24) is 15.5 Å². The molecule has 108 valence electrons. The van der Waals surface area contributed by atoms with E-state index in [0.717, 1.165) is 5.39 Å². The molecule has 0 aliphatic carbocycles. The molecule has 1 amide bonds. The average Bonchev–Trinajstić information content (AvgIpc) is 3.04. The minimum Gasteiger partial charge on any atom is -0.451 e. The molecule has 2 heterocycles. The smallest absolute Gasteiger partial charge is 0.287 e. The van der Waals surface area contributed by atoms with Crippen molar-refractivity contribution in [3.8, 4) is 0 Å². The average molecular weight is 286 g/mol. The summed E-state index contributed by atoms with van der Waals surface area (Å²) in [6.45, 7) is 2.13. The van der Waals surface area contributed by atoms with Gasteiger partial charge in [-0.25, -0.2) is 0 Å². The first-order valence-corrected chi connectivity index (χ1v) is 6.48. The molecular formula is C14H14N4O3. The van der Waals surface area contributed by atoms with Gasteiger partial charge in [-0.3, -0.25) is 4.79 Å². The Bertz CT molecular complexity index is 790. The van der Waals surface area contributed by atoms with E-state index < -0.39 is 0 Å². The van der Waals surface area contributed by atoms with Crippen LogP contribution in [-0.2, 0) is 6.42 Å². The Kier molecular flexibility index (Phi) is 3.31. The van der Waals surface area contributed by atoms with Crippen LogP contribution in [0.25, 0.3) is 11.0 Å². The number of rotatable bonds is 4. The van der Waals surface area contributed by atoms with Crippen LogP contribution in [0.2, 0.25) is 0 Å². The van der Waals surface area contributed by atoms with Gasteiger partial charge in [-0.05, 0) is 31.2 Å². The molecule has 3 rings (SSSR count). The number of benzene rings is 1. The van der Waals surface area contributed by atoms with E-state index in [2.05, 4.69) is 15.5 Å². The molecule has 3 N–H and O–H groups in total. The van der Waals surface area contributed by atoms with Crippen molar-refractivity contribution in [2.45, 2.75) is 13.3 Å². The third-order valence-electron chi connectivity index (χ3n) is 2.96. The van der Waals surface area contributed by atoms with Crippen LogP contribution in [0.3, 0.4) is 0 Å². The number of nitrogen functional groups attached to an aromatic ring is 1. The van der Waals surface area contributed by atoms with Crippen LogP contribution in [0.15, 0.2) is 33.2 Å². The molecule has 0 saturated carbocycles. The Morgan fingerprint density at radius 3 is 3.00 bits per heavy atom. The van der Waals surface area contributed by atoms with Gasteiger partial charge in [0.15, 0.2) is 11.6 Å². The zero-order chi connectivity index (χ0) is 14.8. The molecule has 0 bridgehead atoms. The molecule has 2 aromatic heterocycles. The van der Waals surface area contributed by atoms with Crippen molar-refractivity contribution >= 4 is 22.6 Å². The largest absolute Gasteiger partial charge is 0.451 e. The van der Waals surface area contributed by atoms with E-state index in [0.29, 0.717) is 36.0 Å². The first-order chi connectivity index (χ1) is 10.1. The molecule has 21 heavy (non-hydrogen) atoms. The standard InChI is InChI=1S/C14H14N4O3/c1-8-17-13(21-18-8)4-5-16-14(19)12-7-9-6-10(15)2-3-11(9)20-12/h2-3,6-7H,4-5,15H2,1H3,(H,16,19). The van der Waals surface area contributed by atoms with Gasteiger partial charge >= 0.3 is 0 Å². The minimum atomic E-state index is -0.291. The van der Waals surface area contributed by atoms with Crippen LogP contribution in [0.1, 0.15) is 22.3 Å². The highest BCUT2D eigenvalue weighted by molar-refractivity contribution is 5.96. The number of amides is 1. The van der Waals surface area contributed by atoms with Crippen LogP contribution in [-0.4, -0.2) is 22.6 Å². The first kappa shape index (κ1) is 13.2. The van der Waals surface area contributed by atoms with Crippen molar-refractivity contribution in [3.05, 3.63) is 41.7 Å². The molecule has 0 aliphatic rings. The molecule has 0 saturated heterocycles. The number of carbonyl (C=O) groups excluding carboxylic acids is 1. The molecule has 0 atom stereocenters. The highest BCUT2D eigenvalue weighted by Crippen LogP contribution is 2.21. The molecule has 0 radical (unpaired) electrons. The fourth-order valence-electron chi connectivity index (χ4n) is 1.99. The summed E-state index contributed by atoms with van der Waals surface area (Å²) in [6, 6.07) is 6.89. The highest BCUT2D eigenvalue weighted by atomic mass is 16.5. The SMILES string of the molecule is Cc1noc(CCNC(=O)c2cc3cc(N)ccc3o2)n1. The van der Waals surface area contributed by atoms with Gasteiger partial charge in [-0.1, -0.05) is 5.16 Å². The number of carbonyl (C=O) groups is 1. The number of aromatic nitrogens is 2. The Morgan fingerprint density at radius 1 is 1.38 bits per heavy atom. The molecule has 0 aliphatic heterocycles. The zero-order valence-corrected chi connectivity index (χ0v) is 11.4. The number of hydrogen-bond acceptors (Lipinski definition) is 6. The summed E-state index contributed by atoms with van der Waals surface area (Å²) in [5.41, 5.74) is 6.94. The lowest BCUT2D eigenvalue weighted by Crippen LogP contribution is -2.25. The molecule has 7 nitrogen and oxygen atoms in total. The van der Waals surface area contributed by atoms with Crippen molar-refractivity contribution < 1.29 is 13.7 Å². The van der Waals surface area contributed by atoms with Crippen molar-refractivity contribution in [2.75, 3.05) is 12.3 Å². The molecule has 1 aromatic carbocycles. The predicted molar refractivity (Wildman–Crippen MR) is 75.7 cm³/mol. The topological polar surface area (TPSA) is 107 Å². The number of aryl methyl sites for hydroxylation is 1. The van der Waals surface area contributed by atoms with E-state index in [4.69, 9.17) is 14.7 Å².